The first kappa shape index (κ1) is 18.4. The summed E-state index contributed by atoms with van der Waals surface area (Å²) in [6.07, 6.45) is 5.08. The first-order valence-corrected chi connectivity index (χ1v) is 8.98. The molecule has 0 radical (unpaired) electrons. The summed E-state index contributed by atoms with van der Waals surface area (Å²) in [6, 6.07) is 0.262. The number of nitrogens with zero attached hydrogens (tertiary/aromatic N) is 1. The summed E-state index contributed by atoms with van der Waals surface area (Å²) >= 11 is 1.87. The second kappa shape index (κ2) is 9.36. The van der Waals surface area contributed by atoms with E-state index in [9.17, 15) is 4.79 Å². The Morgan fingerprint density at radius 2 is 2.24 bits per heavy atom. The van der Waals surface area contributed by atoms with E-state index >= 15 is 0 Å². The van der Waals surface area contributed by atoms with Gasteiger partial charge in [-0.15, -0.1) is 6.58 Å². The normalized spacial score (nSPS) is 19.4. The van der Waals surface area contributed by atoms with E-state index in [-0.39, 0.29) is 12.1 Å². The summed E-state index contributed by atoms with van der Waals surface area (Å²) in [7, 11) is 0. The monoisotopic (exact) mass is 314 g/mol. The molecule has 21 heavy (non-hydrogen) atoms. The van der Waals surface area contributed by atoms with Crippen molar-refractivity contribution in [3.05, 3.63) is 12.7 Å². The highest BCUT2D eigenvalue weighted by Crippen LogP contribution is 2.20. The number of carbonyl (C=O) groups excluding carboxylic acids is 1. The second-order valence-electron chi connectivity index (χ2n) is 6.39. The molecule has 0 bridgehead atoms. The number of carbonyl (C=O) groups is 1. The zero-order valence-electron chi connectivity index (χ0n) is 13.7. The van der Waals surface area contributed by atoms with E-state index in [0.717, 1.165) is 44.0 Å². The van der Waals surface area contributed by atoms with Gasteiger partial charge in [0.05, 0.1) is 0 Å². The molecule has 1 N–H and O–H groups in total. The van der Waals surface area contributed by atoms with Gasteiger partial charge in [0, 0.05) is 37.2 Å². The van der Waals surface area contributed by atoms with Crippen molar-refractivity contribution >= 4 is 17.9 Å². The third-order valence-electron chi connectivity index (χ3n) is 3.29. The molecule has 1 rings (SSSR count). The van der Waals surface area contributed by atoms with Crippen molar-refractivity contribution in [2.75, 3.05) is 31.1 Å². The summed E-state index contributed by atoms with van der Waals surface area (Å²) < 4.78 is 5.51. The number of hydrogen-bond donors (Lipinski definition) is 1. The maximum absolute atomic E-state index is 12.3. The quantitative estimate of drug-likeness (QED) is 0.578. The number of hydrogen-bond acceptors (Lipinski definition) is 4. The lowest BCUT2D eigenvalue weighted by atomic mass is 10.0. The molecule has 5 heteroatoms. The van der Waals surface area contributed by atoms with Crippen LogP contribution in [0.15, 0.2) is 12.7 Å². The van der Waals surface area contributed by atoms with Crippen molar-refractivity contribution in [1.29, 1.82) is 0 Å². The Balaban J connectivity index is 2.35. The van der Waals surface area contributed by atoms with E-state index in [1.54, 1.807) is 0 Å². The van der Waals surface area contributed by atoms with Crippen LogP contribution in [0.2, 0.25) is 0 Å². The molecular formula is C16H30N2O2S. The Morgan fingerprint density at radius 1 is 1.48 bits per heavy atom. The topological polar surface area (TPSA) is 41.6 Å². The van der Waals surface area contributed by atoms with Crippen LogP contribution in [0.3, 0.4) is 0 Å². The molecule has 1 atom stereocenters. The predicted molar refractivity (Wildman–Crippen MR) is 91.0 cm³/mol. The van der Waals surface area contributed by atoms with Gasteiger partial charge in [-0.2, -0.15) is 11.8 Å². The lowest BCUT2D eigenvalue weighted by Gasteiger charge is -2.36. The number of amides is 1. The standard InChI is InChI=1S/C16H30N2O2S/c1-5-11-21-12-9-17-13-14-8-6-7-10-18(14)15(19)20-16(2,3)4/h5,14,17H,1,6-13H2,2-4H3. The van der Waals surface area contributed by atoms with Crippen LogP contribution < -0.4 is 5.32 Å². The minimum Gasteiger partial charge on any atom is -0.444 e. The second-order valence-corrected chi connectivity index (χ2v) is 7.54. The molecule has 0 aromatic carbocycles. The molecule has 0 aromatic rings. The first-order chi connectivity index (χ1) is 9.94. The van der Waals surface area contributed by atoms with E-state index < -0.39 is 5.60 Å². The highest BCUT2D eigenvalue weighted by Gasteiger charge is 2.29. The lowest BCUT2D eigenvalue weighted by molar-refractivity contribution is 0.0100. The molecule has 0 spiro atoms. The Hall–Kier alpha value is -0.680. The van der Waals surface area contributed by atoms with Crippen LogP contribution in [0, 0.1) is 0 Å². The summed E-state index contributed by atoms with van der Waals surface area (Å²) in [5.41, 5.74) is -0.423. The van der Waals surface area contributed by atoms with Crippen molar-refractivity contribution in [1.82, 2.24) is 10.2 Å². The summed E-state index contributed by atoms with van der Waals surface area (Å²) in [5, 5.41) is 3.46. The fourth-order valence-corrected chi connectivity index (χ4v) is 2.98. The molecule has 0 saturated carbocycles. The van der Waals surface area contributed by atoms with Crippen molar-refractivity contribution in [3.63, 3.8) is 0 Å². The first-order valence-electron chi connectivity index (χ1n) is 7.83. The van der Waals surface area contributed by atoms with E-state index in [1.807, 2.05) is 43.5 Å². The van der Waals surface area contributed by atoms with Gasteiger partial charge in [0.25, 0.3) is 0 Å². The van der Waals surface area contributed by atoms with Crippen LogP contribution in [0.5, 0.6) is 0 Å². The Kier molecular flexibility index (Phi) is 8.19. The van der Waals surface area contributed by atoms with Gasteiger partial charge in [-0.1, -0.05) is 6.08 Å². The molecule has 1 heterocycles. The molecule has 1 saturated heterocycles. The predicted octanol–water partition coefficient (Wildman–Crippen LogP) is 3.28. The molecule has 1 aliphatic heterocycles. The van der Waals surface area contributed by atoms with E-state index in [2.05, 4.69) is 11.9 Å². The van der Waals surface area contributed by atoms with Crippen LogP contribution in [-0.2, 0) is 4.74 Å². The Bertz CT molecular complexity index is 329. The van der Waals surface area contributed by atoms with Crippen LogP contribution in [0.1, 0.15) is 40.0 Å². The van der Waals surface area contributed by atoms with Gasteiger partial charge in [-0.25, -0.2) is 4.79 Å². The van der Waals surface area contributed by atoms with Crippen molar-refractivity contribution < 1.29 is 9.53 Å². The number of nitrogens with one attached hydrogen (secondary N) is 1. The highest BCUT2D eigenvalue weighted by molar-refractivity contribution is 7.99. The van der Waals surface area contributed by atoms with Crippen molar-refractivity contribution in [3.8, 4) is 0 Å². The van der Waals surface area contributed by atoms with E-state index in [1.165, 1.54) is 6.42 Å². The SMILES string of the molecule is C=CCSCCNCC1CCCCN1C(=O)OC(C)(C)C. The molecule has 0 aliphatic carbocycles. The van der Waals surface area contributed by atoms with E-state index in [0.29, 0.717) is 0 Å². The van der Waals surface area contributed by atoms with E-state index in [4.69, 9.17) is 4.74 Å². The molecule has 122 valence electrons. The van der Waals surface area contributed by atoms with Gasteiger partial charge >= 0.3 is 6.09 Å². The third-order valence-corrected chi connectivity index (χ3v) is 4.26. The molecule has 1 fully saturated rings. The zero-order chi connectivity index (χ0) is 15.7. The Labute approximate surface area is 133 Å². The summed E-state index contributed by atoms with van der Waals surface area (Å²) in [5.74, 6) is 2.07. The average molecular weight is 314 g/mol. The maximum Gasteiger partial charge on any atom is 0.410 e. The van der Waals surface area contributed by atoms with Crippen LogP contribution >= 0.6 is 11.8 Å². The molecular weight excluding hydrogens is 284 g/mol. The smallest absolute Gasteiger partial charge is 0.410 e. The average Bonchev–Trinajstić information content (AvgIpc) is 2.41. The molecule has 1 aliphatic rings. The van der Waals surface area contributed by atoms with Crippen LogP contribution in [0.25, 0.3) is 0 Å². The number of piperidine rings is 1. The third kappa shape index (κ3) is 7.77. The minimum atomic E-state index is -0.423. The van der Waals surface area contributed by atoms with Gasteiger partial charge in [-0.3, -0.25) is 0 Å². The van der Waals surface area contributed by atoms with Crippen molar-refractivity contribution in [2.45, 2.75) is 51.7 Å². The zero-order valence-corrected chi connectivity index (χ0v) is 14.5. The van der Waals surface area contributed by atoms with Gasteiger partial charge in [0.15, 0.2) is 0 Å². The number of thioether (sulfide) groups is 1. The van der Waals surface area contributed by atoms with Gasteiger partial charge in [0.1, 0.15) is 5.60 Å². The molecule has 1 unspecified atom stereocenters. The minimum absolute atomic E-state index is 0.171. The van der Waals surface area contributed by atoms with Crippen LogP contribution in [0.4, 0.5) is 4.79 Å². The number of ether oxygens (including phenoxy) is 1. The summed E-state index contributed by atoms with van der Waals surface area (Å²) in [6.45, 7) is 12.1. The van der Waals surface area contributed by atoms with Crippen LogP contribution in [-0.4, -0.2) is 53.8 Å². The number of rotatable bonds is 7. The van der Waals surface area contributed by atoms with Gasteiger partial charge < -0.3 is 15.0 Å². The fraction of sp³-hybridized carbons (Fsp3) is 0.812. The number of likely N-dealkylation sites (tertiary alicyclic amines) is 1. The summed E-state index contributed by atoms with van der Waals surface area (Å²) in [4.78, 5) is 14.2. The van der Waals surface area contributed by atoms with Crippen molar-refractivity contribution in [2.24, 2.45) is 0 Å². The van der Waals surface area contributed by atoms with Gasteiger partial charge in [0.2, 0.25) is 0 Å². The maximum atomic E-state index is 12.3. The van der Waals surface area contributed by atoms with Gasteiger partial charge in [-0.05, 0) is 40.0 Å². The largest absolute Gasteiger partial charge is 0.444 e. The fourth-order valence-electron chi connectivity index (χ4n) is 2.35. The Morgan fingerprint density at radius 3 is 2.90 bits per heavy atom. The molecule has 4 nitrogen and oxygen atoms in total. The highest BCUT2D eigenvalue weighted by atomic mass is 32.2. The molecule has 0 aromatic heterocycles. The molecule has 1 amide bonds. The lowest BCUT2D eigenvalue weighted by Crippen LogP contribution is -2.50.